The fourth-order valence-corrected chi connectivity index (χ4v) is 2.76. The maximum absolute atomic E-state index is 11.9. The molecule has 0 spiro atoms. The number of carbonyl (C=O) groups excluding carboxylic acids is 1. The van der Waals surface area contributed by atoms with Gasteiger partial charge in [-0.25, -0.2) is 0 Å². The Bertz CT molecular complexity index is 367. The Morgan fingerprint density at radius 2 is 2.47 bits per heavy atom. The maximum atomic E-state index is 11.9. The molecule has 4 nitrogen and oxygen atoms in total. The summed E-state index contributed by atoms with van der Waals surface area (Å²) in [7, 11) is 1.79. The lowest BCUT2D eigenvalue weighted by Gasteiger charge is -2.36. The van der Waals surface area contributed by atoms with E-state index in [-0.39, 0.29) is 18.1 Å². The van der Waals surface area contributed by atoms with E-state index in [2.05, 4.69) is 16.8 Å². The van der Waals surface area contributed by atoms with E-state index >= 15 is 0 Å². The van der Waals surface area contributed by atoms with Crippen molar-refractivity contribution in [3.63, 3.8) is 0 Å². The first-order chi connectivity index (χ1) is 8.20. The molecule has 1 saturated heterocycles. The summed E-state index contributed by atoms with van der Waals surface area (Å²) in [6.45, 7) is 3.74. The van der Waals surface area contributed by atoms with Crippen molar-refractivity contribution >= 4 is 17.2 Å². The van der Waals surface area contributed by atoms with E-state index in [9.17, 15) is 4.79 Å². The Labute approximate surface area is 106 Å². The summed E-state index contributed by atoms with van der Waals surface area (Å²) in [5.74, 6) is 0.142. The standard InChI is InChI=1S/C12H18N2O2S/c1-9-6-14(12(15)5-13-2)7-11(16-9)10-3-4-17-8-10/h3-4,8-9,11,13H,5-7H2,1-2H3/t9-,11+/m0/s1. The number of ether oxygens (including phenoxy) is 1. The molecule has 1 aliphatic rings. The summed E-state index contributed by atoms with van der Waals surface area (Å²) in [5.41, 5.74) is 1.17. The summed E-state index contributed by atoms with van der Waals surface area (Å²) in [6.07, 6.45) is 0.111. The van der Waals surface area contributed by atoms with Crippen LogP contribution in [0.5, 0.6) is 0 Å². The van der Waals surface area contributed by atoms with Gasteiger partial charge in [0.1, 0.15) is 6.10 Å². The molecule has 2 heterocycles. The number of nitrogens with one attached hydrogen (secondary N) is 1. The zero-order valence-corrected chi connectivity index (χ0v) is 11.0. The fourth-order valence-electron chi connectivity index (χ4n) is 2.06. The van der Waals surface area contributed by atoms with Crippen molar-refractivity contribution in [2.75, 3.05) is 26.7 Å². The second kappa shape index (κ2) is 5.62. The van der Waals surface area contributed by atoms with E-state index in [1.54, 1.807) is 18.4 Å². The van der Waals surface area contributed by atoms with Crippen molar-refractivity contribution < 1.29 is 9.53 Å². The molecule has 1 aromatic rings. The van der Waals surface area contributed by atoms with Crippen molar-refractivity contribution in [3.05, 3.63) is 22.4 Å². The first-order valence-electron chi connectivity index (χ1n) is 5.80. The Hall–Kier alpha value is -0.910. The van der Waals surface area contributed by atoms with Crippen LogP contribution in [-0.4, -0.2) is 43.6 Å². The Balaban J connectivity index is 2.04. The minimum absolute atomic E-state index is 0.0193. The maximum Gasteiger partial charge on any atom is 0.236 e. The van der Waals surface area contributed by atoms with Crippen LogP contribution in [0.4, 0.5) is 0 Å². The number of thiophene rings is 1. The van der Waals surface area contributed by atoms with Gasteiger partial charge in [-0.1, -0.05) is 0 Å². The summed E-state index contributed by atoms with van der Waals surface area (Å²) < 4.78 is 5.88. The molecule has 0 radical (unpaired) electrons. The molecule has 0 aliphatic carbocycles. The molecule has 17 heavy (non-hydrogen) atoms. The molecule has 2 atom stereocenters. The lowest BCUT2D eigenvalue weighted by molar-refractivity contribution is -0.143. The van der Waals surface area contributed by atoms with Gasteiger partial charge in [-0.3, -0.25) is 4.79 Å². The van der Waals surface area contributed by atoms with Gasteiger partial charge < -0.3 is 15.0 Å². The quantitative estimate of drug-likeness (QED) is 0.883. The number of morpholine rings is 1. The number of likely N-dealkylation sites (N-methyl/N-ethyl adjacent to an activating group) is 1. The minimum atomic E-state index is 0.0193. The first kappa shape index (κ1) is 12.5. The lowest BCUT2D eigenvalue weighted by Crippen LogP contribution is -2.48. The van der Waals surface area contributed by atoms with Gasteiger partial charge in [0.15, 0.2) is 0 Å². The highest BCUT2D eigenvalue weighted by Gasteiger charge is 2.28. The molecule has 5 heteroatoms. The Kier molecular flexibility index (Phi) is 4.15. The molecule has 0 unspecified atom stereocenters. The lowest BCUT2D eigenvalue weighted by atomic mass is 10.1. The summed E-state index contributed by atoms with van der Waals surface area (Å²) >= 11 is 1.66. The molecule has 1 amide bonds. The van der Waals surface area contributed by atoms with Gasteiger partial charge in [0, 0.05) is 6.54 Å². The van der Waals surface area contributed by atoms with Crippen LogP contribution in [0.3, 0.4) is 0 Å². The first-order valence-corrected chi connectivity index (χ1v) is 6.75. The highest BCUT2D eigenvalue weighted by atomic mass is 32.1. The third kappa shape index (κ3) is 3.06. The molecule has 1 aromatic heterocycles. The molecule has 94 valence electrons. The van der Waals surface area contributed by atoms with Gasteiger partial charge in [-0.2, -0.15) is 11.3 Å². The zero-order chi connectivity index (χ0) is 12.3. The Morgan fingerprint density at radius 1 is 1.65 bits per heavy atom. The molecular weight excluding hydrogens is 236 g/mol. The summed E-state index contributed by atoms with van der Waals surface area (Å²) in [4.78, 5) is 13.8. The summed E-state index contributed by atoms with van der Waals surface area (Å²) in [6, 6.07) is 2.06. The minimum Gasteiger partial charge on any atom is -0.367 e. The molecular formula is C12H18N2O2S. The summed E-state index contributed by atoms with van der Waals surface area (Å²) in [5, 5.41) is 7.03. The van der Waals surface area contributed by atoms with E-state index in [1.165, 1.54) is 5.56 Å². The topological polar surface area (TPSA) is 41.6 Å². The van der Waals surface area contributed by atoms with Crippen LogP contribution in [0.2, 0.25) is 0 Å². The van der Waals surface area contributed by atoms with Crippen molar-refractivity contribution in [2.24, 2.45) is 0 Å². The fraction of sp³-hybridized carbons (Fsp3) is 0.583. The van der Waals surface area contributed by atoms with Crippen molar-refractivity contribution in [1.82, 2.24) is 10.2 Å². The third-order valence-corrected chi connectivity index (χ3v) is 3.56. The van der Waals surface area contributed by atoms with Crippen molar-refractivity contribution in [3.8, 4) is 0 Å². The third-order valence-electron chi connectivity index (χ3n) is 2.86. The van der Waals surface area contributed by atoms with Crippen molar-refractivity contribution in [2.45, 2.75) is 19.1 Å². The average Bonchev–Trinajstić information content (AvgIpc) is 2.82. The van der Waals surface area contributed by atoms with Gasteiger partial charge in [0.05, 0.1) is 19.2 Å². The second-order valence-electron chi connectivity index (χ2n) is 4.32. The Morgan fingerprint density at radius 3 is 3.12 bits per heavy atom. The van der Waals surface area contributed by atoms with Gasteiger partial charge >= 0.3 is 0 Å². The second-order valence-corrected chi connectivity index (χ2v) is 5.10. The average molecular weight is 254 g/mol. The highest BCUT2D eigenvalue weighted by Crippen LogP contribution is 2.26. The molecule has 0 bridgehead atoms. The van der Waals surface area contributed by atoms with Crippen LogP contribution in [-0.2, 0) is 9.53 Å². The molecule has 2 rings (SSSR count). The van der Waals surface area contributed by atoms with E-state index in [0.717, 1.165) is 0 Å². The van der Waals surface area contributed by atoms with E-state index < -0.39 is 0 Å². The SMILES string of the molecule is CNCC(=O)N1C[C@H](C)O[C@@H](c2ccsc2)C1. The number of amides is 1. The van der Waals surface area contributed by atoms with Gasteiger partial charge in [-0.15, -0.1) is 0 Å². The molecule has 0 aromatic carbocycles. The van der Waals surface area contributed by atoms with E-state index in [0.29, 0.717) is 19.6 Å². The predicted octanol–water partition coefficient (Wildman–Crippen LogP) is 1.26. The van der Waals surface area contributed by atoms with Crippen molar-refractivity contribution in [1.29, 1.82) is 0 Å². The zero-order valence-electron chi connectivity index (χ0n) is 10.2. The number of nitrogens with zero attached hydrogens (tertiary/aromatic N) is 1. The van der Waals surface area contributed by atoms with Crippen LogP contribution in [0, 0.1) is 0 Å². The highest BCUT2D eigenvalue weighted by molar-refractivity contribution is 7.07. The van der Waals surface area contributed by atoms with Crippen LogP contribution in [0.1, 0.15) is 18.6 Å². The normalized spacial score (nSPS) is 24.9. The van der Waals surface area contributed by atoms with Gasteiger partial charge in [-0.05, 0) is 36.4 Å². The number of hydrogen-bond acceptors (Lipinski definition) is 4. The van der Waals surface area contributed by atoms with E-state index in [4.69, 9.17) is 4.74 Å². The molecule has 1 N–H and O–H groups in total. The molecule has 0 saturated carbocycles. The van der Waals surface area contributed by atoms with Crippen LogP contribution in [0.15, 0.2) is 16.8 Å². The number of hydrogen-bond donors (Lipinski definition) is 1. The predicted molar refractivity (Wildman–Crippen MR) is 68.1 cm³/mol. The van der Waals surface area contributed by atoms with Gasteiger partial charge in [0.25, 0.3) is 0 Å². The van der Waals surface area contributed by atoms with E-state index in [1.807, 2.05) is 17.2 Å². The van der Waals surface area contributed by atoms with Crippen LogP contribution >= 0.6 is 11.3 Å². The smallest absolute Gasteiger partial charge is 0.236 e. The number of carbonyl (C=O) groups is 1. The largest absolute Gasteiger partial charge is 0.367 e. The van der Waals surface area contributed by atoms with Crippen LogP contribution in [0.25, 0.3) is 0 Å². The molecule has 1 fully saturated rings. The molecule has 1 aliphatic heterocycles. The monoisotopic (exact) mass is 254 g/mol. The number of rotatable bonds is 3. The van der Waals surface area contributed by atoms with Crippen LogP contribution < -0.4 is 5.32 Å². The van der Waals surface area contributed by atoms with Gasteiger partial charge in [0.2, 0.25) is 5.91 Å².